The fraction of sp³-hybridized carbons (Fsp3) is 0.556. The van der Waals surface area contributed by atoms with E-state index in [9.17, 15) is 4.79 Å². The van der Waals surface area contributed by atoms with E-state index in [4.69, 9.17) is 9.72 Å². The molecular formula is C18H22BrN3O2. The molecule has 2 bridgehead atoms. The second kappa shape index (κ2) is 5.48. The van der Waals surface area contributed by atoms with E-state index in [0.717, 1.165) is 40.6 Å². The first-order valence-electron chi connectivity index (χ1n) is 8.48. The summed E-state index contributed by atoms with van der Waals surface area (Å²) >= 11 is 3.49. The van der Waals surface area contributed by atoms with Crippen LogP contribution in [0.4, 0.5) is 4.79 Å². The van der Waals surface area contributed by atoms with Crippen LogP contribution in [0.25, 0.3) is 11.0 Å². The lowest BCUT2D eigenvalue weighted by Crippen LogP contribution is -2.43. The van der Waals surface area contributed by atoms with Crippen molar-refractivity contribution in [3.8, 4) is 0 Å². The van der Waals surface area contributed by atoms with E-state index in [1.807, 2.05) is 43.9 Å². The van der Waals surface area contributed by atoms with Gasteiger partial charge >= 0.3 is 6.09 Å². The molecule has 2 fully saturated rings. The minimum absolute atomic E-state index is 0.00947. The molecule has 2 aliphatic rings. The van der Waals surface area contributed by atoms with Crippen LogP contribution in [-0.2, 0) is 4.74 Å². The predicted molar refractivity (Wildman–Crippen MR) is 95.7 cm³/mol. The van der Waals surface area contributed by atoms with Crippen molar-refractivity contribution < 1.29 is 9.53 Å². The van der Waals surface area contributed by atoms with E-state index in [-0.39, 0.29) is 18.2 Å². The number of imidazole rings is 1. The molecule has 2 aromatic rings. The smallest absolute Gasteiger partial charge is 0.411 e. The number of aromatic amines is 1. The summed E-state index contributed by atoms with van der Waals surface area (Å²) < 4.78 is 6.67. The van der Waals surface area contributed by atoms with Gasteiger partial charge in [-0.2, -0.15) is 0 Å². The number of amides is 1. The highest BCUT2D eigenvalue weighted by Crippen LogP contribution is 2.50. The first-order valence-corrected chi connectivity index (χ1v) is 9.27. The van der Waals surface area contributed by atoms with Crippen molar-refractivity contribution in [2.75, 3.05) is 0 Å². The topological polar surface area (TPSA) is 58.2 Å². The maximum Gasteiger partial charge on any atom is 0.411 e. The third-order valence-electron chi connectivity index (χ3n) is 4.93. The first kappa shape index (κ1) is 15.9. The largest absolute Gasteiger partial charge is 0.444 e. The molecule has 24 heavy (non-hydrogen) atoms. The fourth-order valence-corrected chi connectivity index (χ4v) is 4.42. The maximum absolute atomic E-state index is 12.8. The Morgan fingerprint density at radius 1 is 1.38 bits per heavy atom. The van der Waals surface area contributed by atoms with Gasteiger partial charge in [-0.3, -0.25) is 4.90 Å². The molecule has 0 radical (unpaired) electrons. The Kier molecular flexibility index (Phi) is 3.64. The number of piperidine rings is 1. The number of carbonyl (C=O) groups excluding carboxylic acids is 1. The van der Waals surface area contributed by atoms with Gasteiger partial charge in [0.05, 0.1) is 17.1 Å². The molecule has 4 rings (SSSR count). The molecule has 1 aromatic heterocycles. The van der Waals surface area contributed by atoms with Crippen LogP contribution in [0.5, 0.6) is 0 Å². The lowest BCUT2D eigenvalue weighted by atomic mass is 9.98. The Morgan fingerprint density at radius 3 is 2.92 bits per heavy atom. The van der Waals surface area contributed by atoms with Crippen LogP contribution >= 0.6 is 15.9 Å². The second-order valence-electron chi connectivity index (χ2n) is 7.84. The van der Waals surface area contributed by atoms with Crippen LogP contribution in [0.1, 0.15) is 51.9 Å². The number of halogens is 1. The van der Waals surface area contributed by atoms with Crippen LogP contribution < -0.4 is 0 Å². The van der Waals surface area contributed by atoms with Gasteiger partial charge in [0, 0.05) is 10.5 Å². The third-order valence-corrected chi connectivity index (χ3v) is 5.43. The molecule has 0 spiro atoms. The average molecular weight is 392 g/mol. The van der Waals surface area contributed by atoms with Crippen molar-refractivity contribution in [1.82, 2.24) is 14.9 Å². The van der Waals surface area contributed by atoms with Gasteiger partial charge in [-0.15, -0.1) is 0 Å². The highest BCUT2D eigenvalue weighted by Gasteiger charge is 2.51. The van der Waals surface area contributed by atoms with E-state index in [1.165, 1.54) is 0 Å². The van der Waals surface area contributed by atoms with Crippen LogP contribution in [-0.4, -0.2) is 32.6 Å². The molecule has 1 saturated heterocycles. The molecule has 6 heteroatoms. The number of likely N-dealkylation sites (tertiary alicyclic amines) is 1. The van der Waals surface area contributed by atoms with Crippen LogP contribution in [0.3, 0.4) is 0 Å². The second-order valence-corrected chi connectivity index (χ2v) is 8.76. The predicted octanol–water partition coefficient (Wildman–Crippen LogP) is 4.79. The number of aromatic nitrogens is 2. The fourth-order valence-electron chi connectivity index (χ4n) is 4.06. The number of ether oxygens (including phenoxy) is 1. The number of nitrogens with zero attached hydrogens (tertiary/aromatic N) is 2. The van der Waals surface area contributed by atoms with Gasteiger partial charge in [-0.05, 0) is 64.2 Å². The molecule has 1 N–H and O–H groups in total. The molecule has 3 atom stereocenters. The summed E-state index contributed by atoms with van der Waals surface area (Å²) in [6, 6.07) is 6.26. The van der Waals surface area contributed by atoms with Gasteiger partial charge in [-0.25, -0.2) is 9.78 Å². The SMILES string of the molecule is CC(C)(C)OC(=O)N1C2CCC(C2)[C@H]1c1nc2ccc(Br)cc2[nH]1. The van der Waals surface area contributed by atoms with Crippen molar-refractivity contribution in [1.29, 1.82) is 0 Å². The first-order chi connectivity index (χ1) is 11.3. The quantitative estimate of drug-likeness (QED) is 0.760. The third kappa shape index (κ3) is 2.70. The van der Waals surface area contributed by atoms with Crippen molar-refractivity contribution in [3.63, 3.8) is 0 Å². The number of rotatable bonds is 1. The van der Waals surface area contributed by atoms with Crippen molar-refractivity contribution in [2.45, 2.75) is 57.7 Å². The van der Waals surface area contributed by atoms with Gasteiger partial charge in [0.2, 0.25) is 0 Å². The van der Waals surface area contributed by atoms with Crippen molar-refractivity contribution >= 4 is 33.1 Å². The standard InChI is InChI=1S/C18H22BrN3O2/c1-18(2,3)24-17(23)22-12-6-4-10(8-12)15(22)16-20-13-7-5-11(19)9-14(13)21-16/h5,7,9-10,12,15H,4,6,8H2,1-3H3,(H,20,21)/t10?,12?,15-/m0/s1. The molecule has 1 amide bonds. The van der Waals surface area contributed by atoms with Gasteiger partial charge < -0.3 is 9.72 Å². The zero-order chi connectivity index (χ0) is 17.1. The van der Waals surface area contributed by atoms with E-state index in [0.29, 0.717) is 5.92 Å². The highest BCUT2D eigenvalue weighted by atomic mass is 79.9. The summed E-state index contributed by atoms with van der Waals surface area (Å²) in [5.41, 5.74) is 1.44. The molecule has 1 aromatic carbocycles. The van der Waals surface area contributed by atoms with Gasteiger partial charge in [0.15, 0.2) is 0 Å². The summed E-state index contributed by atoms with van der Waals surface area (Å²) in [6.45, 7) is 5.73. The lowest BCUT2D eigenvalue weighted by Gasteiger charge is -2.35. The van der Waals surface area contributed by atoms with Crippen molar-refractivity contribution in [2.24, 2.45) is 5.92 Å². The number of hydrogen-bond donors (Lipinski definition) is 1. The Labute approximate surface area is 149 Å². The molecule has 1 aliphatic heterocycles. The van der Waals surface area contributed by atoms with Gasteiger partial charge in [0.25, 0.3) is 0 Å². The number of nitrogens with one attached hydrogen (secondary N) is 1. The Balaban J connectivity index is 1.69. The summed E-state index contributed by atoms with van der Waals surface area (Å²) in [7, 11) is 0. The van der Waals surface area contributed by atoms with Crippen LogP contribution in [0.2, 0.25) is 0 Å². The van der Waals surface area contributed by atoms with Crippen LogP contribution in [0, 0.1) is 5.92 Å². The Bertz CT molecular complexity index is 795. The van der Waals surface area contributed by atoms with Gasteiger partial charge in [-0.1, -0.05) is 15.9 Å². The molecule has 2 heterocycles. The number of fused-ring (bicyclic) bond motifs is 3. The van der Waals surface area contributed by atoms with E-state index in [1.54, 1.807) is 0 Å². The number of H-pyrrole nitrogens is 1. The Morgan fingerprint density at radius 2 is 2.17 bits per heavy atom. The normalized spacial score (nSPS) is 26.3. The molecule has 128 valence electrons. The molecule has 5 nitrogen and oxygen atoms in total. The number of benzene rings is 1. The number of hydrogen-bond acceptors (Lipinski definition) is 3. The summed E-state index contributed by atoms with van der Waals surface area (Å²) in [5.74, 6) is 1.34. The van der Waals surface area contributed by atoms with Crippen molar-refractivity contribution in [3.05, 3.63) is 28.5 Å². The Hall–Kier alpha value is -1.56. The zero-order valence-corrected chi connectivity index (χ0v) is 15.8. The monoisotopic (exact) mass is 391 g/mol. The average Bonchev–Trinajstić information content (AvgIpc) is 3.17. The van der Waals surface area contributed by atoms with E-state index in [2.05, 4.69) is 20.9 Å². The summed E-state index contributed by atoms with van der Waals surface area (Å²) in [6.07, 6.45) is 3.04. The maximum atomic E-state index is 12.8. The van der Waals surface area contributed by atoms with Gasteiger partial charge in [0.1, 0.15) is 11.4 Å². The molecular weight excluding hydrogens is 370 g/mol. The molecule has 1 saturated carbocycles. The summed E-state index contributed by atoms with van der Waals surface area (Å²) in [5, 5.41) is 0. The number of carbonyl (C=O) groups is 1. The summed E-state index contributed by atoms with van der Waals surface area (Å²) in [4.78, 5) is 22.9. The van der Waals surface area contributed by atoms with Crippen LogP contribution in [0.15, 0.2) is 22.7 Å². The minimum atomic E-state index is -0.484. The van der Waals surface area contributed by atoms with E-state index >= 15 is 0 Å². The highest BCUT2D eigenvalue weighted by molar-refractivity contribution is 9.10. The lowest BCUT2D eigenvalue weighted by molar-refractivity contribution is 0.00623. The van der Waals surface area contributed by atoms with E-state index < -0.39 is 5.60 Å². The zero-order valence-electron chi connectivity index (χ0n) is 14.2. The molecule has 2 unspecified atom stereocenters. The minimum Gasteiger partial charge on any atom is -0.444 e. The molecule has 1 aliphatic carbocycles.